The minimum atomic E-state index is -0.140. The predicted molar refractivity (Wildman–Crippen MR) is 89.6 cm³/mol. The van der Waals surface area contributed by atoms with Crippen LogP contribution < -0.4 is 4.74 Å². The molecule has 0 radical (unpaired) electrons. The number of fused-ring (bicyclic) bond motifs is 1. The predicted octanol–water partition coefficient (Wildman–Crippen LogP) is 3.74. The van der Waals surface area contributed by atoms with Crippen molar-refractivity contribution < 1.29 is 9.53 Å². The van der Waals surface area contributed by atoms with Gasteiger partial charge in [0.1, 0.15) is 5.75 Å². The summed E-state index contributed by atoms with van der Waals surface area (Å²) in [6, 6.07) is 13.7. The summed E-state index contributed by atoms with van der Waals surface area (Å²) in [6.45, 7) is 1.81. The fourth-order valence-corrected chi connectivity index (χ4v) is 2.42. The molecule has 1 atom stereocenters. The molecule has 0 heterocycles. The summed E-state index contributed by atoms with van der Waals surface area (Å²) in [5.41, 5.74) is 0. The van der Waals surface area contributed by atoms with Crippen LogP contribution in [-0.4, -0.2) is 30.5 Å². The van der Waals surface area contributed by atoms with Crippen molar-refractivity contribution >= 4 is 32.6 Å². The lowest BCUT2D eigenvalue weighted by molar-refractivity contribution is -0.133. The van der Waals surface area contributed by atoms with E-state index in [0.717, 1.165) is 15.2 Å². The first kappa shape index (κ1) is 16.3. The van der Waals surface area contributed by atoms with Crippen LogP contribution in [0.5, 0.6) is 5.75 Å². The fourth-order valence-electron chi connectivity index (χ4n) is 2.05. The number of rotatable bonds is 5. The summed E-state index contributed by atoms with van der Waals surface area (Å²) in [6.07, 6.45) is 0.313. The number of likely N-dealkylation sites (N-methyl/N-ethyl adjacent to an activating group) is 1. The highest BCUT2D eigenvalue weighted by atomic mass is 79.9. The molecule has 1 unspecified atom stereocenters. The Morgan fingerprint density at radius 3 is 2.73 bits per heavy atom. The van der Waals surface area contributed by atoms with Gasteiger partial charge in [0.05, 0.1) is 12.5 Å². The Bertz CT molecular complexity index is 724. The zero-order valence-corrected chi connectivity index (χ0v) is 14.1. The third kappa shape index (κ3) is 3.99. The van der Waals surface area contributed by atoms with Crippen LogP contribution in [0.1, 0.15) is 13.3 Å². The number of amides is 1. The van der Waals surface area contributed by atoms with Gasteiger partial charge in [-0.15, -0.1) is 0 Å². The van der Waals surface area contributed by atoms with Gasteiger partial charge in [0.15, 0.2) is 6.61 Å². The molecule has 1 amide bonds. The zero-order valence-electron chi connectivity index (χ0n) is 12.5. The van der Waals surface area contributed by atoms with E-state index in [0.29, 0.717) is 12.2 Å². The van der Waals surface area contributed by atoms with Crippen molar-refractivity contribution in [1.29, 1.82) is 5.26 Å². The number of hydrogen-bond donors (Lipinski definition) is 0. The molecule has 0 saturated heterocycles. The third-order valence-electron chi connectivity index (χ3n) is 3.58. The minimum Gasteiger partial charge on any atom is -0.484 e. The van der Waals surface area contributed by atoms with Gasteiger partial charge < -0.3 is 9.64 Å². The standard InChI is InChI=1S/C17H17BrN2O2/c1-12(7-8-19)20(2)17(21)11-22-16-6-4-13-9-15(18)5-3-14(13)10-16/h3-6,9-10,12H,7,11H2,1-2H3. The third-order valence-corrected chi connectivity index (χ3v) is 4.07. The van der Waals surface area contributed by atoms with Crippen molar-refractivity contribution in [2.45, 2.75) is 19.4 Å². The normalized spacial score (nSPS) is 11.7. The van der Waals surface area contributed by atoms with Gasteiger partial charge in [0, 0.05) is 17.6 Å². The molecule has 114 valence electrons. The van der Waals surface area contributed by atoms with Crippen molar-refractivity contribution in [2.24, 2.45) is 0 Å². The van der Waals surface area contributed by atoms with E-state index in [-0.39, 0.29) is 18.6 Å². The van der Waals surface area contributed by atoms with Crippen molar-refractivity contribution in [3.05, 3.63) is 40.9 Å². The molecule has 2 aromatic rings. The zero-order chi connectivity index (χ0) is 16.1. The van der Waals surface area contributed by atoms with Crippen molar-refractivity contribution in [2.75, 3.05) is 13.7 Å². The molecular formula is C17H17BrN2O2. The van der Waals surface area contributed by atoms with E-state index < -0.39 is 0 Å². The highest BCUT2D eigenvalue weighted by Crippen LogP contribution is 2.24. The number of benzene rings is 2. The van der Waals surface area contributed by atoms with Crippen molar-refractivity contribution in [3.63, 3.8) is 0 Å². The van der Waals surface area contributed by atoms with Crippen LogP contribution in [0.4, 0.5) is 0 Å². The van der Waals surface area contributed by atoms with Crippen LogP contribution in [-0.2, 0) is 4.79 Å². The van der Waals surface area contributed by atoms with Crippen molar-refractivity contribution in [3.8, 4) is 11.8 Å². The van der Waals surface area contributed by atoms with Crippen LogP contribution in [0.2, 0.25) is 0 Å². The number of carbonyl (C=O) groups excluding carboxylic acids is 1. The molecular weight excluding hydrogens is 344 g/mol. The largest absolute Gasteiger partial charge is 0.484 e. The van der Waals surface area contributed by atoms with E-state index in [2.05, 4.69) is 22.0 Å². The highest BCUT2D eigenvalue weighted by Gasteiger charge is 2.15. The summed E-state index contributed by atoms with van der Waals surface area (Å²) in [7, 11) is 1.69. The first-order chi connectivity index (χ1) is 10.5. The molecule has 2 aromatic carbocycles. The molecule has 0 N–H and O–H groups in total. The van der Waals surface area contributed by atoms with Gasteiger partial charge in [-0.1, -0.05) is 28.1 Å². The van der Waals surface area contributed by atoms with Crippen LogP contribution >= 0.6 is 15.9 Å². The Hall–Kier alpha value is -2.06. The molecule has 0 aliphatic rings. The second-order valence-electron chi connectivity index (χ2n) is 5.16. The van der Waals surface area contributed by atoms with Crippen LogP contribution in [0.3, 0.4) is 0 Å². The molecule has 5 heteroatoms. The quantitative estimate of drug-likeness (QED) is 0.815. The number of ether oxygens (including phenoxy) is 1. The molecule has 0 aromatic heterocycles. The van der Waals surface area contributed by atoms with Crippen LogP contribution in [0.25, 0.3) is 10.8 Å². The summed E-state index contributed by atoms with van der Waals surface area (Å²) < 4.78 is 6.59. The average Bonchev–Trinajstić information content (AvgIpc) is 2.52. The highest BCUT2D eigenvalue weighted by molar-refractivity contribution is 9.10. The maximum atomic E-state index is 12.0. The number of nitriles is 1. The summed E-state index contributed by atoms with van der Waals surface area (Å²) in [4.78, 5) is 13.6. The first-order valence-electron chi connectivity index (χ1n) is 6.96. The van der Waals surface area contributed by atoms with Crippen LogP contribution in [0.15, 0.2) is 40.9 Å². The average molecular weight is 361 g/mol. The fraction of sp³-hybridized carbons (Fsp3) is 0.294. The molecule has 0 fully saturated rings. The monoisotopic (exact) mass is 360 g/mol. The van der Waals surface area contributed by atoms with Crippen LogP contribution in [0, 0.1) is 11.3 Å². The maximum absolute atomic E-state index is 12.0. The molecule has 0 aliphatic carbocycles. The van der Waals surface area contributed by atoms with Gasteiger partial charge in [-0.3, -0.25) is 4.79 Å². The number of carbonyl (C=O) groups is 1. The van der Waals surface area contributed by atoms with Gasteiger partial charge in [0.2, 0.25) is 0 Å². The van der Waals surface area contributed by atoms with E-state index in [1.807, 2.05) is 43.3 Å². The first-order valence-corrected chi connectivity index (χ1v) is 7.75. The molecule has 2 rings (SSSR count). The maximum Gasteiger partial charge on any atom is 0.260 e. The van der Waals surface area contributed by atoms with Gasteiger partial charge in [-0.25, -0.2) is 0 Å². The smallest absolute Gasteiger partial charge is 0.260 e. The number of halogens is 1. The van der Waals surface area contributed by atoms with Gasteiger partial charge in [0.25, 0.3) is 5.91 Å². The second-order valence-corrected chi connectivity index (χ2v) is 6.07. The second kappa shape index (κ2) is 7.28. The lowest BCUT2D eigenvalue weighted by atomic mass is 10.1. The topological polar surface area (TPSA) is 53.3 Å². The number of nitrogens with zero attached hydrogens (tertiary/aromatic N) is 2. The van der Waals surface area contributed by atoms with Gasteiger partial charge in [-0.05, 0) is 42.0 Å². The molecule has 22 heavy (non-hydrogen) atoms. The Morgan fingerprint density at radius 2 is 2.00 bits per heavy atom. The lowest BCUT2D eigenvalue weighted by Gasteiger charge is -2.22. The van der Waals surface area contributed by atoms with Crippen molar-refractivity contribution in [1.82, 2.24) is 4.90 Å². The van der Waals surface area contributed by atoms with E-state index in [4.69, 9.17) is 10.00 Å². The molecule has 0 spiro atoms. The summed E-state index contributed by atoms with van der Waals surface area (Å²) in [5.74, 6) is 0.517. The van der Waals surface area contributed by atoms with Gasteiger partial charge in [-0.2, -0.15) is 5.26 Å². The van der Waals surface area contributed by atoms with E-state index in [1.54, 1.807) is 11.9 Å². The number of hydrogen-bond acceptors (Lipinski definition) is 3. The van der Waals surface area contributed by atoms with Gasteiger partial charge >= 0.3 is 0 Å². The Kier molecular flexibility index (Phi) is 5.40. The molecule has 0 saturated carbocycles. The summed E-state index contributed by atoms with van der Waals surface area (Å²) in [5, 5.41) is 10.8. The SMILES string of the molecule is CC(CC#N)N(C)C(=O)COc1ccc2cc(Br)ccc2c1. The Morgan fingerprint density at radius 1 is 1.32 bits per heavy atom. The Balaban J connectivity index is 2.01. The molecule has 0 bridgehead atoms. The molecule has 0 aliphatic heterocycles. The lowest BCUT2D eigenvalue weighted by Crippen LogP contribution is -2.38. The van der Waals surface area contributed by atoms with E-state index in [1.165, 1.54) is 0 Å². The summed E-state index contributed by atoms with van der Waals surface area (Å²) >= 11 is 3.44. The Labute approximate surface area is 138 Å². The molecule has 4 nitrogen and oxygen atoms in total. The van der Waals surface area contributed by atoms with E-state index in [9.17, 15) is 4.79 Å². The minimum absolute atomic E-state index is 0.0334. The van der Waals surface area contributed by atoms with E-state index >= 15 is 0 Å².